The summed E-state index contributed by atoms with van der Waals surface area (Å²) in [5.74, 6) is 1.67. The number of nitrogens with zero attached hydrogens (tertiary/aromatic N) is 1. The standard InChI is InChI=1S/C11H24N2/c1-3-6-13(8-10(2)7-12)9-11-4-5-11/h10-11H,3-9,12H2,1-2H3. The van der Waals surface area contributed by atoms with Crippen molar-refractivity contribution in [3.63, 3.8) is 0 Å². The second kappa shape index (κ2) is 5.61. The second-order valence-corrected chi connectivity index (χ2v) is 4.54. The third-order valence-electron chi connectivity index (χ3n) is 2.73. The van der Waals surface area contributed by atoms with Gasteiger partial charge in [-0.25, -0.2) is 0 Å². The van der Waals surface area contributed by atoms with Crippen molar-refractivity contribution in [3.8, 4) is 0 Å². The summed E-state index contributed by atoms with van der Waals surface area (Å²) in [6, 6.07) is 0. The van der Waals surface area contributed by atoms with E-state index < -0.39 is 0 Å². The molecule has 2 heteroatoms. The van der Waals surface area contributed by atoms with Gasteiger partial charge in [-0.3, -0.25) is 0 Å². The van der Waals surface area contributed by atoms with Gasteiger partial charge in [0.15, 0.2) is 0 Å². The van der Waals surface area contributed by atoms with Gasteiger partial charge in [-0.15, -0.1) is 0 Å². The lowest BCUT2D eigenvalue weighted by molar-refractivity contribution is 0.231. The van der Waals surface area contributed by atoms with E-state index in [1.54, 1.807) is 0 Å². The van der Waals surface area contributed by atoms with Crippen LogP contribution in [-0.4, -0.2) is 31.1 Å². The molecule has 1 atom stereocenters. The maximum Gasteiger partial charge on any atom is 0.00192 e. The fourth-order valence-corrected chi connectivity index (χ4v) is 1.75. The van der Waals surface area contributed by atoms with Crippen LogP contribution in [0.25, 0.3) is 0 Å². The number of nitrogens with two attached hydrogens (primary N) is 1. The van der Waals surface area contributed by atoms with Gasteiger partial charge < -0.3 is 10.6 Å². The molecule has 2 nitrogen and oxygen atoms in total. The van der Waals surface area contributed by atoms with Gasteiger partial charge in [0, 0.05) is 13.1 Å². The second-order valence-electron chi connectivity index (χ2n) is 4.54. The Balaban J connectivity index is 2.18. The van der Waals surface area contributed by atoms with Crippen LogP contribution in [-0.2, 0) is 0 Å². The van der Waals surface area contributed by atoms with Gasteiger partial charge >= 0.3 is 0 Å². The first kappa shape index (κ1) is 11.0. The molecule has 78 valence electrons. The Morgan fingerprint density at radius 1 is 1.46 bits per heavy atom. The smallest absolute Gasteiger partial charge is 0.00192 e. The van der Waals surface area contributed by atoms with E-state index in [0.717, 1.165) is 12.5 Å². The molecule has 0 amide bonds. The largest absolute Gasteiger partial charge is 0.330 e. The molecule has 13 heavy (non-hydrogen) atoms. The van der Waals surface area contributed by atoms with E-state index in [1.165, 1.54) is 38.9 Å². The maximum absolute atomic E-state index is 5.64. The number of hydrogen-bond acceptors (Lipinski definition) is 2. The summed E-state index contributed by atoms with van der Waals surface area (Å²) in [5, 5.41) is 0. The Morgan fingerprint density at radius 2 is 2.15 bits per heavy atom. The number of hydrogen-bond donors (Lipinski definition) is 1. The van der Waals surface area contributed by atoms with Crippen LogP contribution in [0.3, 0.4) is 0 Å². The van der Waals surface area contributed by atoms with Crippen molar-refractivity contribution in [1.82, 2.24) is 4.90 Å². The van der Waals surface area contributed by atoms with Crippen LogP contribution in [0.1, 0.15) is 33.1 Å². The third-order valence-corrected chi connectivity index (χ3v) is 2.73. The highest BCUT2D eigenvalue weighted by Crippen LogP contribution is 2.29. The van der Waals surface area contributed by atoms with Crippen molar-refractivity contribution in [2.45, 2.75) is 33.1 Å². The van der Waals surface area contributed by atoms with Crippen molar-refractivity contribution in [2.75, 3.05) is 26.2 Å². The Kier molecular flexibility index (Phi) is 4.74. The molecule has 0 aromatic rings. The Bertz CT molecular complexity index is 132. The van der Waals surface area contributed by atoms with Gasteiger partial charge in [0.1, 0.15) is 0 Å². The summed E-state index contributed by atoms with van der Waals surface area (Å²) in [6.07, 6.45) is 4.18. The molecule has 0 aliphatic heterocycles. The van der Waals surface area contributed by atoms with Crippen molar-refractivity contribution in [3.05, 3.63) is 0 Å². The van der Waals surface area contributed by atoms with Crippen LogP contribution in [0.4, 0.5) is 0 Å². The summed E-state index contributed by atoms with van der Waals surface area (Å²) in [4.78, 5) is 2.59. The van der Waals surface area contributed by atoms with Gasteiger partial charge in [-0.1, -0.05) is 13.8 Å². The highest BCUT2D eigenvalue weighted by molar-refractivity contribution is 4.78. The number of rotatable bonds is 7. The third kappa shape index (κ3) is 4.63. The predicted molar refractivity (Wildman–Crippen MR) is 57.7 cm³/mol. The molecule has 1 aliphatic rings. The lowest BCUT2D eigenvalue weighted by Crippen LogP contribution is -2.33. The van der Waals surface area contributed by atoms with Crippen LogP contribution in [0, 0.1) is 11.8 Å². The molecular weight excluding hydrogens is 160 g/mol. The van der Waals surface area contributed by atoms with E-state index in [0.29, 0.717) is 5.92 Å². The predicted octanol–water partition coefficient (Wildman–Crippen LogP) is 1.70. The first-order chi connectivity index (χ1) is 6.26. The van der Waals surface area contributed by atoms with Crippen molar-refractivity contribution in [2.24, 2.45) is 17.6 Å². The average molecular weight is 184 g/mol. The minimum absolute atomic E-state index is 0.658. The Morgan fingerprint density at radius 3 is 2.62 bits per heavy atom. The molecule has 1 unspecified atom stereocenters. The Hall–Kier alpha value is -0.0800. The summed E-state index contributed by atoms with van der Waals surface area (Å²) in [5.41, 5.74) is 5.64. The SMILES string of the molecule is CCCN(CC(C)CN)CC1CC1. The van der Waals surface area contributed by atoms with Crippen LogP contribution < -0.4 is 5.73 Å². The maximum atomic E-state index is 5.64. The van der Waals surface area contributed by atoms with E-state index in [2.05, 4.69) is 18.7 Å². The van der Waals surface area contributed by atoms with Gasteiger partial charge in [0.25, 0.3) is 0 Å². The molecule has 0 heterocycles. The molecule has 1 fully saturated rings. The first-order valence-electron chi connectivity index (χ1n) is 5.68. The van der Waals surface area contributed by atoms with E-state index in [-0.39, 0.29) is 0 Å². The fourth-order valence-electron chi connectivity index (χ4n) is 1.75. The molecule has 0 aromatic heterocycles. The minimum atomic E-state index is 0.658. The highest BCUT2D eigenvalue weighted by atomic mass is 15.1. The molecule has 1 saturated carbocycles. The van der Waals surface area contributed by atoms with Gasteiger partial charge in [-0.05, 0) is 44.2 Å². The molecular formula is C11H24N2. The minimum Gasteiger partial charge on any atom is -0.330 e. The molecule has 1 rings (SSSR count). The topological polar surface area (TPSA) is 29.3 Å². The van der Waals surface area contributed by atoms with Gasteiger partial charge in [-0.2, -0.15) is 0 Å². The van der Waals surface area contributed by atoms with Crippen LogP contribution in [0.2, 0.25) is 0 Å². The van der Waals surface area contributed by atoms with Gasteiger partial charge in [0.2, 0.25) is 0 Å². The van der Waals surface area contributed by atoms with Crippen LogP contribution in [0.15, 0.2) is 0 Å². The normalized spacial score (nSPS) is 19.4. The van der Waals surface area contributed by atoms with E-state index in [4.69, 9.17) is 5.73 Å². The summed E-state index contributed by atoms with van der Waals surface area (Å²) in [6.45, 7) is 9.09. The first-order valence-corrected chi connectivity index (χ1v) is 5.68. The van der Waals surface area contributed by atoms with Crippen LogP contribution in [0.5, 0.6) is 0 Å². The zero-order chi connectivity index (χ0) is 9.68. The highest BCUT2D eigenvalue weighted by Gasteiger charge is 2.24. The van der Waals surface area contributed by atoms with Crippen molar-refractivity contribution < 1.29 is 0 Å². The van der Waals surface area contributed by atoms with Gasteiger partial charge in [0.05, 0.1) is 0 Å². The van der Waals surface area contributed by atoms with E-state index >= 15 is 0 Å². The average Bonchev–Trinajstić information content (AvgIpc) is 2.88. The quantitative estimate of drug-likeness (QED) is 0.652. The lowest BCUT2D eigenvalue weighted by Gasteiger charge is -2.24. The fraction of sp³-hybridized carbons (Fsp3) is 1.00. The zero-order valence-corrected chi connectivity index (χ0v) is 9.13. The molecule has 0 bridgehead atoms. The summed E-state index contributed by atoms with van der Waals surface area (Å²) < 4.78 is 0. The zero-order valence-electron chi connectivity index (χ0n) is 9.13. The lowest BCUT2D eigenvalue weighted by atomic mass is 10.1. The molecule has 0 saturated heterocycles. The van der Waals surface area contributed by atoms with Crippen molar-refractivity contribution >= 4 is 0 Å². The van der Waals surface area contributed by atoms with E-state index in [9.17, 15) is 0 Å². The summed E-state index contributed by atoms with van der Waals surface area (Å²) >= 11 is 0. The molecule has 0 radical (unpaired) electrons. The van der Waals surface area contributed by atoms with Crippen molar-refractivity contribution in [1.29, 1.82) is 0 Å². The Labute approximate surface area is 82.5 Å². The summed E-state index contributed by atoms with van der Waals surface area (Å²) in [7, 11) is 0. The molecule has 2 N–H and O–H groups in total. The van der Waals surface area contributed by atoms with E-state index in [1.807, 2.05) is 0 Å². The molecule has 0 aromatic carbocycles. The van der Waals surface area contributed by atoms with Crippen LogP contribution >= 0.6 is 0 Å². The molecule has 1 aliphatic carbocycles. The molecule has 0 spiro atoms. The monoisotopic (exact) mass is 184 g/mol.